The van der Waals surface area contributed by atoms with Crippen LogP contribution in [0.4, 0.5) is 24.8 Å². The number of nitrogens with two attached hydrogens (primary N) is 2. The van der Waals surface area contributed by atoms with E-state index in [4.69, 9.17) is 11.5 Å². The molecule has 4 N–H and O–H groups in total. The van der Waals surface area contributed by atoms with Gasteiger partial charge in [0.15, 0.2) is 32.9 Å². The van der Waals surface area contributed by atoms with Gasteiger partial charge in [0, 0.05) is 36.5 Å². The van der Waals surface area contributed by atoms with Crippen molar-refractivity contribution in [3.63, 3.8) is 0 Å². The lowest BCUT2D eigenvalue weighted by atomic mass is 9.73. The van der Waals surface area contributed by atoms with Crippen molar-refractivity contribution in [2.75, 3.05) is 30.0 Å². The third kappa shape index (κ3) is 5.02. The number of hydrogen-bond acceptors (Lipinski definition) is 10. The van der Waals surface area contributed by atoms with Crippen LogP contribution in [0.1, 0.15) is 41.4 Å². The number of fused-ring (bicyclic) bond motifs is 1. The van der Waals surface area contributed by atoms with E-state index in [2.05, 4.69) is 15.0 Å². The van der Waals surface area contributed by atoms with Crippen LogP contribution in [0.2, 0.25) is 0 Å². The Morgan fingerprint density at radius 2 is 1.92 bits per heavy atom. The molecule has 1 spiro atoms. The maximum atomic E-state index is 13.4. The number of benzene rings is 1. The molecule has 0 saturated carbocycles. The summed E-state index contributed by atoms with van der Waals surface area (Å²) < 4.78 is 64.2. The van der Waals surface area contributed by atoms with E-state index in [0.29, 0.717) is 44.1 Å². The smallest absolute Gasteiger partial charge is 0.381 e. The van der Waals surface area contributed by atoms with Crippen LogP contribution in [-0.2, 0) is 22.4 Å². The number of nitrogens with zero attached hydrogens (tertiary/aromatic N) is 5. The largest absolute Gasteiger partial charge is 0.434 e. The van der Waals surface area contributed by atoms with E-state index in [9.17, 15) is 26.9 Å². The van der Waals surface area contributed by atoms with Crippen molar-refractivity contribution in [1.82, 2.24) is 15.0 Å². The first-order valence-corrected chi connectivity index (χ1v) is 14.6. The number of anilines is 2. The molecule has 1 aromatic carbocycles. The van der Waals surface area contributed by atoms with Gasteiger partial charge < -0.3 is 16.4 Å². The van der Waals surface area contributed by atoms with Crippen LogP contribution in [0.3, 0.4) is 0 Å². The van der Waals surface area contributed by atoms with Crippen molar-refractivity contribution in [3.8, 4) is 6.07 Å². The Morgan fingerprint density at radius 1 is 1.21 bits per heavy atom. The lowest BCUT2D eigenvalue weighted by Crippen LogP contribution is -2.45. The van der Waals surface area contributed by atoms with Gasteiger partial charge in [-0.3, -0.25) is 4.98 Å². The van der Waals surface area contributed by atoms with Crippen LogP contribution < -0.4 is 16.4 Å². The van der Waals surface area contributed by atoms with Gasteiger partial charge >= 0.3 is 6.18 Å². The quantitative estimate of drug-likeness (QED) is 0.471. The lowest BCUT2D eigenvalue weighted by Gasteiger charge is -2.42. The predicted molar refractivity (Wildman–Crippen MR) is 139 cm³/mol. The van der Waals surface area contributed by atoms with Crippen molar-refractivity contribution in [1.29, 1.82) is 5.26 Å². The molecule has 1 fully saturated rings. The minimum Gasteiger partial charge on any atom is -0.381 e. The molecule has 0 bridgehead atoms. The molecule has 3 aromatic rings. The van der Waals surface area contributed by atoms with Gasteiger partial charge in [0.1, 0.15) is 11.1 Å². The van der Waals surface area contributed by atoms with E-state index < -0.39 is 21.7 Å². The highest BCUT2D eigenvalue weighted by Crippen LogP contribution is 2.51. The zero-order valence-corrected chi connectivity index (χ0v) is 22.4. The van der Waals surface area contributed by atoms with Crippen molar-refractivity contribution < 1.29 is 21.6 Å². The van der Waals surface area contributed by atoms with E-state index in [1.165, 1.54) is 18.4 Å². The minimum absolute atomic E-state index is 0.0165. The average molecular weight is 576 g/mol. The Labute approximate surface area is 227 Å². The molecule has 204 valence electrons. The summed E-state index contributed by atoms with van der Waals surface area (Å²) in [6.45, 7) is 0.994. The molecule has 3 heterocycles. The Morgan fingerprint density at radius 3 is 2.56 bits per heavy atom. The minimum atomic E-state index is -4.67. The summed E-state index contributed by atoms with van der Waals surface area (Å²) >= 11 is 0.654. The summed E-state index contributed by atoms with van der Waals surface area (Å²) in [4.78, 5) is 14.0. The Bertz CT molecular complexity index is 1600. The summed E-state index contributed by atoms with van der Waals surface area (Å²) in [6, 6.07) is 9.38. The standard InChI is InChI=1S/C25H24F3N7O2S2/c1-39(36,37)15-5-4-14-12-24(19(30)16(14)11-15)6-9-35(10-7-24)22-17(13-29)33-23(21(31)34-22)38-18-3-2-8-32-20(18)25(26,27)28/h2-5,8,11,19H,6-7,9-10,12,30H2,1H3,(H2,31,34)/t19-/m1/s1. The number of hydrogen-bond donors (Lipinski definition) is 2. The van der Waals surface area contributed by atoms with E-state index >= 15 is 0 Å². The Hall–Kier alpha value is -3.41. The molecule has 2 aromatic heterocycles. The van der Waals surface area contributed by atoms with Gasteiger partial charge in [0.2, 0.25) is 0 Å². The second kappa shape index (κ2) is 9.65. The topological polar surface area (TPSA) is 152 Å². The lowest BCUT2D eigenvalue weighted by molar-refractivity contribution is -0.143. The first-order valence-electron chi connectivity index (χ1n) is 11.9. The van der Waals surface area contributed by atoms with Crippen molar-refractivity contribution in [3.05, 3.63) is 59.0 Å². The summed E-state index contributed by atoms with van der Waals surface area (Å²) in [7, 11) is -3.36. The highest BCUT2D eigenvalue weighted by Gasteiger charge is 2.46. The molecule has 14 heteroatoms. The van der Waals surface area contributed by atoms with E-state index in [1.54, 1.807) is 12.1 Å². The Balaban J connectivity index is 1.37. The molecule has 0 amide bonds. The van der Waals surface area contributed by atoms with Crippen LogP contribution in [0.25, 0.3) is 0 Å². The highest BCUT2D eigenvalue weighted by atomic mass is 32.2. The maximum Gasteiger partial charge on any atom is 0.434 e. The van der Waals surface area contributed by atoms with Gasteiger partial charge in [0.05, 0.1) is 4.90 Å². The van der Waals surface area contributed by atoms with Gasteiger partial charge in [-0.2, -0.15) is 18.4 Å². The van der Waals surface area contributed by atoms with Crippen LogP contribution in [0, 0.1) is 16.7 Å². The zero-order chi connectivity index (χ0) is 28.2. The van der Waals surface area contributed by atoms with Crippen LogP contribution in [-0.4, -0.2) is 42.7 Å². The van der Waals surface area contributed by atoms with Crippen LogP contribution >= 0.6 is 11.8 Å². The fourth-order valence-electron chi connectivity index (χ4n) is 5.31. The van der Waals surface area contributed by atoms with Crippen molar-refractivity contribution in [2.24, 2.45) is 11.1 Å². The number of alkyl halides is 3. The van der Waals surface area contributed by atoms with Gasteiger partial charge in [-0.25, -0.2) is 18.4 Å². The van der Waals surface area contributed by atoms with E-state index in [-0.39, 0.29) is 43.6 Å². The first-order chi connectivity index (χ1) is 18.3. The number of piperidine rings is 1. The maximum absolute atomic E-state index is 13.4. The molecule has 9 nitrogen and oxygen atoms in total. The third-order valence-electron chi connectivity index (χ3n) is 7.36. The molecule has 1 saturated heterocycles. The molecule has 1 aliphatic carbocycles. The first kappa shape index (κ1) is 27.2. The third-order valence-corrected chi connectivity index (χ3v) is 9.52. The van der Waals surface area contributed by atoms with Gasteiger partial charge in [-0.15, -0.1) is 0 Å². The van der Waals surface area contributed by atoms with Crippen molar-refractivity contribution in [2.45, 2.75) is 46.3 Å². The molecule has 1 aliphatic heterocycles. The summed E-state index contributed by atoms with van der Waals surface area (Å²) in [5.41, 5.74) is 13.2. The molecular formula is C25H24F3N7O2S2. The zero-order valence-electron chi connectivity index (χ0n) is 20.7. The number of pyridine rings is 1. The predicted octanol–water partition coefficient (Wildman–Crippen LogP) is 3.74. The number of rotatable bonds is 4. The average Bonchev–Trinajstić information content (AvgIpc) is 3.15. The summed E-state index contributed by atoms with van der Waals surface area (Å²) in [5.74, 6) is 0.171. The molecule has 5 rings (SSSR count). The second-order valence-electron chi connectivity index (χ2n) is 9.78. The molecule has 0 unspecified atom stereocenters. The van der Waals surface area contributed by atoms with Crippen LogP contribution in [0.15, 0.2) is 51.3 Å². The second-order valence-corrected chi connectivity index (χ2v) is 12.8. The Kier molecular flexibility index (Phi) is 6.72. The van der Waals surface area contributed by atoms with Crippen LogP contribution in [0.5, 0.6) is 0 Å². The summed E-state index contributed by atoms with van der Waals surface area (Å²) in [6.07, 6.45) is -0.425. The molecule has 0 radical (unpaired) electrons. The molecule has 2 aliphatic rings. The number of nitriles is 1. The molecule has 39 heavy (non-hydrogen) atoms. The fourth-order valence-corrected chi connectivity index (χ4v) is 6.87. The molecule has 1 atom stereocenters. The van der Waals surface area contributed by atoms with Gasteiger partial charge in [0.25, 0.3) is 0 Å². The summed E-state index contributed by atoms with van der Waals surface area (Å²) in [5, 5.41) is 9.76. The fraction of sp³-hybridized carbons (Fsp3) is 0.360. The van der Waals surface area contributed by atoms with E-state index in [1.807, 2.05) is 17.0 Å². The SMILES string of the molecule is CS(=O)(=O)c1ccc2c(c1)[C@@H](N)C1(CCN(c3nc(N)c(Sc4cccnc4C(F)(F)F)nc3C#N)CC1)C2. The highest BCUT2D eigenvalue weighted by molar-refractivity contribution is 7.99. The van der Waals surface area contributed by atoms with Gasteiger partial charge in [-0.05, 0) is 60.1 Å². The van der Waals surface area contributed by atoms with E-state index in [0.717, 1.165) is 17.3 Å². The monoisotopic (exact) mass is 575 g/mol. The number of aromatic nitrogens is 3. The number of nitrogen functional groups attached to an aromatic ring is 1. The normalized spacial score (nSPS) is 18.7. The number of halogens is 3. The molecular weight excluding hydrogens is 551 g/mol. The number of sulfone groups is 1. The van der Waals surface area contributed by atoms with Crippen molar-refractivity contribution >= 4 is 33.2 Å². The van der Waals surface area contributed by atoms with Gasteiger partial charge in [-0.1, -0.05) is 17.8 Å².